The van der Waals surface area contributed by atoms with E-state index >= 15 is 0 Å². The molecule has 184 valence electrons. The fourth-order valence-electron chi connectivity index (χ4n) is 3.37. The van der Waals surface area contributed by atoms with E-state index in [1.54, 1.807) is 62.5 Å². The van der Waals surface area contributed by atoms with Crippen LogP contribution < -0.4 is 10.6 Å². The van der Waals surface area contributed by atoms with Gasteiger partial charge in [-0.1, -0.05) is 22.9 Å². The van der Waals surface area contributed by atoms with Gasteiger partial charge in [0.1, 0.15) is 5.60 Å². The number of hydrogen-bond donors (Lipinski definition) is 4. The molecule has 35 heavy (non-hydrogen) atoms. The van der Waals surface area contributed by atoms with E-state index in [0.29, 0.717) is 26.7 Å². The molecule has 0 spiro atoms. The quantitative estimate of drug-likeness (QED) is 0.211. The third-order valence-electron chi connectivity index (χ3n) is 4.71. The predicted octanol–water partition coefficient (Wildman–Crippen LogP) is 6.37. The molecule has 1 unspecified atom stereocenters. The normalized spacial score (nSPS) is 13.1. The van der Waals surface area contributed by atoms with Crippen LogP contribution in [0.2, 0.25) is 5.02 Å². The monoisotopic (exact) mass is 553 g/mol. The SMILES string of the molecule is CC(C)(C)OC(=O)Nc1nc2cc(NC(=O)C(c3csc4ccc(Cl)cc34)P(=O)(O)O)ccc2s1. The largest absolute Gasteiger partial charge is 0.444 e. The van der Waals surface area contributed by atoms with Crippen molar-refractivity contribution in [3.05, 3.63) is 52.4 Å². The van der Waals surface area contributed by atoms with Gasteiger partial charge in [-0.05, 0) is 73.5 Å². The van der Waals surface area contributed by atoms with Crippen LogP contribution in [0.5, 0.6) is 0 Å². The topological polar surface area (TPSA) is 138 Å². The third kappa shape index (κ3) is 6.00. The highest BCUT2D eigenvalue weighted by atomic mass is 35.5. The van der Waals surface area contributed by atoms with Crippen molar-refractivity contribution in [1.82, 2.24) is 4.98 Å². The second-order valence-electron chi connectivity index (χ2n) is 8.64. The first-order valence-electron chi connectivity index (χ1n) is 10.2. The number of carbonyl (C=O) groups is 2. The number of anilines is 2. The number of aromatic nitrogens is 1. The van der Waals surface area contributed by atoms with Crippen LogP contribution in [0.15, 0.2) is 41.8 Å². The molecule has 13 heteroatoms. The highest BCUT2D eigenvalue weighted by molar-refractivity contribution is 7.53. The van der Waals surface area contributed by atoms with Gasteiger partial charge in [-0.25, -0.2) is 9.78 Å². The van der Waals surface area contributed by atoms with Crippen LogP contribution in [0.25, 0.3) is 20.3 Å². The zero-order valence-corrected chi connectivity index (χ0v) is 22.0. The number of ether oxygens (including phenoxy) is 1. The second-order valence-corrected chi connectivity index (χ2v) is 12.7. The first-order valence-corrected chi connectivity index (χ1v) is 14.0. The lowest BCUT2D eigenvalue weighted by Crippen LogP contribution is -2.27. The summed E-state index contributed by atoms with van der Waals surface area (Å²) in [5.74, 6) is -0.861. The van der Waals surface area contributed by atoms with Gasteiger partial charge >= 0.3 is 13.7 Å². The van der Waals surface area contributed by atoms with E-state index in [1.807, 2.05) is 0 Å². The van der Waals surface area contributed by atoms with Crippen molar-refractivity contribution in [3.8, 4) is 0 Å². The summed E-state index contributed by atoms with van der Waals surface area (Å²) in [4.78, 5) is 49.5. The van der Waals surface area contributed by atoms with Crippen LogP contribution >= 0.6 is 41.9 Å². The Labute approximate surface area is 213 Å². The first-order chi connectivity index (χ1) is 16.3. The third-order valence-corrected chi connectivity index (χ3v) is 8.06. The number of thiazole rings is 1. The predicted molar refractivity (Wildman–Crippen MR) is 140 cm³/mol. The van der Waals surface area contributed by atoms with Crippen LogP contribution in [0.3, 0.4) is 0 Å². The second kappa shape index (κ2) is 9.50. The molecule has 1 atom stereocenters. The summed E-state index contributed by atoms with van der Waals surface area (Å²) in [6.45, 7) is 5.24. The summed E-state index contributed by atoms with van der Waals surface area (Å²) in [6, 6.07) is 9.83. The molecule has 2 aromatic carbocycles. The molecule has 0 radical (unpaired) electrons. The van der Waals surface area contributed by atoms with E-state index in [4.69, 9.17) is 16.3 Å². The fourth-order valence-corrected chi connectivity index (χ4v) is 6.39. The number of benzene rings is 2. The van der Waals surface area contributed by atoms with E-state index in [1.165, 1.54) is 22.7 Å². The zero-order valence-electron chi connectivity index (χ0n) is 18.7. The minimum atomic E-state index is -4.88. The van der Waals surface area contributed by atoms with Crippen LogP contribution in [0.4, 0.5) is 15.6 Å². The maximum absolute atomic E-state index is 13.1. The molecule has 0 aliphatic carbocycles. The van der Waals surface area contributed by atoms with Crippen LogP contribution in [0, 0.1) is 0 Å². The van der Waals surface area contributed by atoms with Crippen LogP contribution in [-0.4, -0.2) is 32.4 Å². The van der Waals surface area contributed by atoms with Crippen molar-refractivity contribution in [2.75, 3.05) is 10.6 Å². The van der Waals surface area contributed by atoms with Gasteiger partial charge < -0.3 is 19.8 Å². The van der Waals surface area contributed by atoms with Gasteiger partial charge in [-0.3, -0.25) is 14.7 Å². The number of rotatable bonds is 5. The highest BCUT2D eigenvalue weighted by Gasteiger charge is 2.39. The standard InChI is InChI=1S/C22H21ClN3O6PS2/c1-22(2,3)32-21(28)26-20-25-15-9-12(5-7-17(15)35-20)24-19(27)18(33(29,30)31)14-10-34-16-6-4-11(23)8-13(14)16/h4-10,18H,1-3H3,(H,24,27)(H,25,26,28)(H2,29,30,31). The minimum absolute atomic E-state index is 0.205. The number of nitrogens with zero attached hydrogens (tertiary/aromatic N) is 1. The molecule has 9 nitrogen and oxygen atoms in total. The number of amides is 2. The number of thiophene rings is 1. The number of fused-ring (bicyclic) bond motifs is 2. The maximum Gasteiger partial charge on any atom is 0.413 e. The zero-order chi connectivity index (χ0) is 25.5. The van der Waals surface area contributed by atoms with Crippen LogP contribution in [-0.2, 0) is 14.1 Å². The average molecular weight is 554 g/mol. The van der Waals surface area contributed by atoms with E-state index in [9.17, 15) is 23.9 Å². The Bertz CT molecular complexity index is 1490. The maximum atomic E-state index is 13.1. The number of hydrogen-bond acceptors (Lipinski definition) is 7. The van der Waals surface area contributed by atoms with Crippen molar-refractivity contribution in [2.45, 2.75) is 32.0 Å². The summed E-state index contributed by atoms with van der Waals surface area (Å²) in [5, 5.41) is 7.93. The van der Waals surface area contributed by atoms with Gasteiger partial charge in [0.15, 0.2) is 10.8 Å². The molecule has 0 fully saturated rings. The first kappa shape index (κ1) is 25.6. The Balaban J connectivity index is 1.59. The molecule has 4 rings (SSSR count). The van der Waals surface area contributed by atoms with Gasteiger partial charge in [-0.15, -0.1) is 11.3 Å². The van der Waals surface area contributed by atoms with Gasteiger partial charge in [-0.2, -0.15) is 0 Å². The summed E-state index contributed by atoms with van der Waals surface area (Å²) < 4.78 is 19.1. The number of nitrogens with one attached hydrogen (secondary N) is 2. The van der Waals surface area contributed by atoms with E-state index in [2.05, 4.69) is 15.6 Å². The molecule has 2 amide bonds. The van der Waals surface area contributed by atoms with Crippen LogP contribution in [0.1, 0.15) is 32.0 Å². The lowest BCUT2D eigenvalue weighted by molar-refractivity contribution is -0.116. The summed E-state index contributed by atoms with van der Waals surface area (Å²) in [6.07, 6.45) is -0.641. The number of halogens is 1. The lowest BCUT2D eigenvalue weighted by atomic mass is 10.1. The lowest BCUT2D eigenvalue weighted by Gasteiger charge is -2.18. The molecule has 4 N–H and O–H groups in total. The molecule has 0 aliphatic heterocycles. The van der Waals surface area contributed by atoms with Crippen molar-refractivity contribution >= 4 is 85.0 Å². The molecule has 0 saturated carbocycles. The Hall–Kier alpha value is -2.53. The smallest absolute Gasteiger partial charge is 0.413 e. The van der Waals surface area contributed by atoms with Gasteiger partial charge in [0.2, 0.25) is 5.91 Å². The highest BCUT2D eigenvalue weighted by Crippen LogP contribution is 2.54. The van der Waals surface area contributed by atoms with Crippen molar-refractivity contribution < 1.29 is 28.7 Å². The molecular formula is C22H21ClN3O6PS2. The van der Waals surface area contributed by atoms with E-state index in [-0.39, 0.29) is 5.56 Å². The Morgan fingerprint density at radius 1 is 1.11 bits per heavy atom. The number of carbonyl (C=O) groups excluding carboxylic acids is 2. The minimum Gasteiger partial charge on any atom is -0.444 e. The molecule has 0 aliphatic rings. The summed E-state index contributed by atoms with van der Waals surface area (Å²) in [7, 11) is -4.88. The average Bonchev–Trinajstić information content (AvgIpc) is 3.28. The van der Waals surface area contributed by atoms with Gasteiger partial charge in [0, 0.05) is 15.4 Å². The molecular weight excluding hydrogens is 533 g/mol. The molecule has 0 bridgehead atoms. The molecule has 4 aromatic rings. The van der Waals surface area contributed by atoms with Crippen molar-refractivity contribution in [3.63, 3.8) is 0 Å². The molecule has 0 saturated heterocycles. The summed E-state index contributed by atoms with van der Waals surface area (Å²) >= 11 is 8.55. The van der Waals surface area contributed by atoms with Gasteiger partial charge in [0.05, 0.1) is 10.2 Å². The Morgan fingerprint density at radius 3 is 2.51 bits per heavy atom. The fraction of sp³-hybridized carbons (Fsp3) is 0.227. The Kier molecular flexibility index (Phi) is 6.93. The molecule has 2 aromatic heterocycles. The Morgan fingerprint density at radius 2 is 1.83 bits per heavy atom. The molecule has 2 heterocycles. The van der Waals surface area contributed by atoms with E-state index in [0.717, 1.165) is 9.40 Å². The van der Waals surface area contributed by atoms with Gasteiger partial charge in [0.25, 0.3) is 0 Å². The summed E-state index contributed by atoms with van der Waals surface area (Å²) in [5.41, 5.74) is -1.39. The van der Waals surface area contributed by atoms with Crippen molar-refractivity contribution in [1.29, 1.82) is 0 Å². The van der Waals surface area contributed by atoms with E-state index < -0.39 is 30.9 Å². The van der Waals surface area contributed by atoms with Crippen molar-refractivity contribution in [2.24, 2.45) is 0 Å².